The molecule has 1 aromatic heterocycles. The number of anilines is 1. The maximum Gasteiger partial charge on any atom is 0.142 e. The summed E-state index contributed by atoms with van der Waals surface area (Å²) in [5.74, 6) is 0.655. The van der Waals surface area contributed by atoms with Gasteiger partial charge < -0.3 is 14.6 Å². The Morgan fingerprint density at radius 1 is 1.24 bits per heavy atom. The molecule has 1 unspecified atom stereocenters. The number of rotatable bonds is 3. The van der Waals surface area contributed by atoms with E-state index in [2.05, 4.69) is 4.98 Å². The molecule has 2 aromatic rings. The third-order valence-corrected chi connectivity index (χ3v) is 2.83. The van der Waals surface area contributed by atoms with Gasteiger partial charge in [-0.15, -0.1) is 0 Å². The number of aromatic nitrogens is 2. The minimum Gasteiger partial charge on any atom is -0.380 e. The van der Waals surface area contributed by atoms with Crippen molar-refractivity contribution in [2.75, 3.05) is 19.0 Å². The minimum absolute atomic E-state index is 0.655. The summed E-state index contributed by atoms with van der Waals surface area (Å²) >= 11 is 0. The molecule has 0 saturated carbocycles. The van der Waals surface area contributed by atoms with Crippen LogP contribution in [0.25, 0.3) is 0 Å². The molecule has 0 saturated heterocycles. The molecule has 2 rings (SSSR count). The maximum atomic E-state index is 10.2. The van der Waals surface area contributed by atoms with E-state index in [4.69, 9.17) is 0 Å². The Hall–Kier alpha value is -1.81. The van der Waals surface area contributed by atoms with Crippen LogP contribution in [-0.2, 0) is 7.05 Å². The predicted molar refractivity (Wildman–Crippen MR) is 68.0 cm³/mol. The zero-order valence-corrected chi connectivity index (χ0v) is 10.3. The van der Waals surface area contributed by atoms with Gasteiger partial charge in [-0.25, -0.2) is 4.98 Å². The van der Waals surface area contributed by atoms with Crippen molar-refractivity contribution in [1.29, 1.82) is 0 Å². The van der Waals surface area contributed by atoms with Crippen LogP contribution in [0, 0.1) is 0 Å². The summed E-state index contributed by atoms with van der Waals surface area (Å²) in [6.45, 7) is 0. The Kier molecular flexibility index (Phi) is 3.15. The number of aryl methyl sites for hydroxylation is 1. The topological polar surface area (TPSA) is 41.3 Å². The number of aliphatic hydroxyl groups excluding tert-OH is 1. The molecule has 0 aliphatic carbocycles. The normalized spacial score (nSPS) is 12.5. The first kappa shape index (κ1) is 11.7. The fourth-order valence-electron chi connectivity index (χ4n) is 1.74. The lowest BCUT2D eigenvalue weighted by atomic mass is 10.1. The molecule has 4 heteroatoms. The van der Waals surface area contributed by atoms with Crippen LogP contribution in [0.2, 0.25) is 0 Å². The molecule has 0 radical (unpaired) electrons. The Morgan fingerprint density at radius 3 is 2.35 bits per heavy atom. The fraction of sp³-hybridized carbons (Fsp3) is 0.308. The van der Waals surface area contributed by atoms with Crippen molar-refractivity contribution in [3.05, 3.63) is 48.0 Å². The van der Waals surface area contributed by atoms with Gasteiger partial charge in [-0.1, -0.05) is 12.1 Å². The van der Waals surface area contributed by atoms with Crippen LogP contribution < -0.4 is 4.90 Å². The lowest BCUT2D eigenvalue weighted by Crippen LogP contribution is -2.10. The lowest BCUT2D eigenvalue weighted by molar-refractivity contribution is 0.206. The van der Waals surface area contributed by atoms with Crippen molar-refractivity contribution in [1.82, 2.24) is 9.55 Å². The van der Waals surface area contributed by atoms with E-state index in [0.717, 1.165) is 11.3 Å². The summed E-state index contributed by atoms with van der Waals surface area (Å²) in [4.78, 5) is 6.18. The van der Waals surface area contributed by atoms with Crippen molar-refractivity contribution in [2.24, 2.45) is 7.05 Å². The molecular weight excluding hydrogens is 214 g/mol. The molecule has 1 heterocycles. The summed E-state index contributed by atoms with van der Waals surface area (Å²) in [7, 11) is 5.86. The standard InChI is InChI=1S/C13H17N3O/c1-15(2)11-6-4-10(5-7-11)12(17)13-14-8-9-16(13)3/h4-9,12,17H,1-3H3. The first-order valence-electron chi connectivity index (χ1n) is 5.52. The van der Waals surface area contributed by atoms with Crippen molar-refractivity contribution < 1.29 is 5.11 Å². The summed E-state index contributed by atoms with van der Waals surface area (Å²) in [5.41, 5.74) is 1.96. The van der Waals surface area contributed by atoms with Gasteiger partial charge in [0, 0.05) is 39.2 Å². The first-order chi connectivity index (χ1) is 8.09. The third-order valence-electron chi connectivity index (χ3n) is 2.83. The van der Waals surface area contributed by atoms with Crippen LogP contribution in [0.15, 0.2) is 36.7 Å². The second-order valence-corrected chi connectivity index (χ2v) is 4.28. The predicted octanol–water partition coefficient (Wildman–Crippen LogP) is 1.57. The van der Waals surface area contributed by atoms with E-state index < -0.39 is 6.10 Å². The van der Waals surface area contributed by atoms with Crippen LogP contribution in [0.5, 0.6) is 0 Å². The molecule has 0 amide bonds. The summed E-state index contributed by atoms with van der Waals surface area (Å²) in [6.07, 6.45) is 2.84. The van der Waals surface area contributed by atoms with Crippen molar-refractivity contribution in [3.8, 4) is 0 Å². The number of hydrogen-bond acceptors (Lipinski definition) is 3. The van der Waals surface area contributed by atoms with Crippen LogP contribution in [0.3, 0.4) is 0 Å². The van der Waals surface area contributed by atoms with E-state index >= 15 is 0 Å². The zero-order valence-electron chi connectivity index (χ0n) is 10.3. The SMILES string of the molecule is CN(C)c1ccc(C(O)c2nccn2C)cc1. The average molecular weight is 231 g/mol. The summed E-state index contributed by atoms with van der Waals surface area (Å²) in [6, 6.07) is 7.83. The molecule has 0 bridgehead atoms. The van der Waals surface area contributed by atoms with E-state index in [1.165, 1.54) is 0 Å². The molecule has 4 nitrogen and oxygen atoms in total. The Bertz CT molecular complexity index is 488. The molecule has 0 aliphatic rings. The fourth-order valence-corrected chi connectivity index (χ4v) is 1.74. The Labute approximate surface area is 101 Å². The van der Waals surface area contributed by atoms with Gasteiger partial charge in [-0.2, -0.15) is 0 Å². The second kappa shape index (κ2) is 4.59. The molecule has 90 valence electrons. The monoisotopic (exact) mass is 231 g/mol. The van der Waals surface area contributed by atoms with Crippen LogP contribution >= 0.6 is 0 Å². The molecular formula is C13H17N3O. The maximum absolute atomic E-state index is 10.2. The highest BCUT2D eigenvalue weighted by Crippen LogP contribution is 2.22. The smallest absolute Gasteiger partial charge is 0.142 e. The summed E-state index contributed by atoms with van der Waals surface area (Å²) in [5, 5.41) is 10.2. The second-order valence-electron chi connectivity index (χ2n) is 4.28. The number of benzene rings is 1. The number of aliphatic hydroxyl groups is 1. The van der Waals surface area contributed by atoms with Crippen molar-refractivity contribution >= 4 is 5.69 Å². The van der Waals surface area contributed by atoms with Gasteiger partial charge in [0.25, 0.3) is 0 Å². The van der Waals surface area contributed by atoms with Gasteiger partial charge in [-0.05, 0) is 17.7 Å². The van der Waals surface area contributed by atoms with Crippen molar-refractivity contribution in [2.45, 2.75) is 6.10 Å². The number of imidazole rings is 1. The average Bonchev–Trinajstić information content (AvgIpc) is 2.74. The minimum atomic E-state index is -0.675. The molecule has 0 aliphatic heterocycles. The van der Waals surface area contributed by atoms with E-state index in [0.29, 0.717) is 5.82 Å². The first-order valence-corrected chi connectivity index (χ1v) is 5.52. The molecule has 1 aromatic carbocycles. The van der Waals surface area contributed by atoms with E-state index in [-0.39, 0.29) is 0 Å². The van der Waals surface area contributed by atoms with Crippen LogP contribution in [-0.4, -0.2) is 28.8 Å². The van der Waals surface area contributed by atoms with Gasteiger partial charge in [0.2, 0.25) is 0 Å². The highest BCUT2D eigenvalue weighted by molar-refractivity contribution is 5.46. The van der Waals surface area contributed by atoms with E-state index in [1.54, 1.807) is 6.20 Å². The van der Waals surface area contributed by atoms with Crippen molar-refractivity contribution in [3.63, 3.8) is 0 Å². The Morgan fingerprint density at radius 2 is 1.88 bits per heavy atom. The highest BCUT2D eigenvalue weighted by Gasteiger charge is 2.14. The number of hydrogen-bond donors (Lipinski definition) is 1. The Balaban J connectivity index is 2.26. The molecule has 1 atom stereocenters. The lowest BCUT2D eigenvalue weighted by Gasteiger charge is -2.15. The quantitative estimate of drug-likeness (QED) is 0.871. The summed E-state index contributed by atoms with van der Waals surface area (Å²) < 4.78 is 1.82. The number of nitrogens with zero attached hydrogens (tertiary/aromatic N) is 3. The van der Waals surface area contributed by atoms with Gasteiger partial charge in [0.05, 0.1) is 0 Å². The van der Waals surface area contributed by atoms with E-state index in [9.17, 15) is 5.11 Å². The molecule has 0 spiro atoms. The van der Waals surface area contributed by atoms with Crippen LogP contribution in [0.1, 0.15) is 17.5 Å². The zero-order chi connectivity index (χ0) is 12.4. The third kappa shape index (κ3) is 2.31. The largest absolute Gasteiger partial charge is 0.380 e. The van der Waals surface area contributed by atoms with Crippen LogP contribution in [0.4, 0.5) is 5.69 Å². The van der Waals surface area contributed by atoms with Gasteiger partial charge in [0.1, 0.15) is 11.9 Å². The molecule has 1 N–H and O–H groups in total. The van der Waals surface area contributed by atoms with E-state index in [1.807, 2.05) is 61.1 Å². The van der Waals surface area contributed by atoms with Gasteiger partial charge in [-0.3, -0.25) is 0 Å². The molecule has 0 fully saturated rings. The van der Waals surface area contributed by atoms with Gasteiger partial charge >= 0.3 is 0 Å². The molecule has 17 heavy (non-hydrogen) atoms. The van der Waals surface area contributed by atoms with Gasteiger partial charge in [0.15, 0.2) is 0 Å². The highest BCUT2D eigenvalue weighted by atomic mass is 16.3.